The van der Waals surface area contributed by atoms with E-state index in [1.165, 1.54) is 24.1 Å². The van der Waals surface area contributed by atoms with Gasteiger partial charge in [-0.25, -0.2) is 0 Å². The van der Waals surface area contributed by atoms with Crippen molar-refractivity contribution in [2.45, 2.75) is 32.7 Å². The first-order valence-electron chi connectivity index (χ1n) is 5.82. The van der Waals surface area contributed by atoms with Crippen molar-refractivity contribution in [3.63, 3.8) is 0 Å². The van der Waals surface area contributed by atoms with Crippen molar-refractivity contribution in [1.82, 2.24) is 0 Å². The van der Waals surface area contributed by atoms with Crippen molar-refractivity contribution in [2.75, 3.05) is 18.5 Å². The topological polar surface area (TPSA) is 29.3 Å². The molecule has 1 unspecified atom stereocenters. The first-order valence-corrected chi connectivity index (χ1v) is 6.61. The van der Waals surface area contributed by atoms with Crippen molar-refractivity contribution in [1.29, 1.82) is 0 Å². The van der Waals surface area contributed by atoms with Gasteiger partial charge in [0, 0.05) is 29.8 Å². The summed E-state index contributed by atoms with van der Waals surface area (Å²) >= 11 is 3.51. The molecular formula is C13H21BrN2. The molecule has 3 heteroatoms. The van der Waals surface area contributed by atoms with Crippen LogP contribution in [0.3, 0.4) is 0 Å². The molecule has 16 heavy (non-hydrogen) atoms. The number of nitrogens with zero attached hydrogens (tertiary/aromatic N) is 1. The van der Waals surface area contributed by atoms with Crippen LogP contribution in [0.15, 0.2) is 22.7 Å². The number of rotatable bonds is 5. The summed E-state index contributed by atoms with van der Waals surface area (Å²) in [4.78, 5) is 2.28. The molecule has 0 radical (unpaired) electrons. The lowest BCUT2D eigenvalue weighted by molar-refractivity contribution is 0.751. The fraction of sp³-hybridized carbons (Fsp3) is 0.538. The molecule has 1 aromatic carbocycles. The molecule has 0 fully saturated rings. The van der Waals surface area contributed by atoms with Crippen LogP contribution >= 0.6 is 15.9 Å². The Labute approximate surface area is 107 Å². The van der Waals surface area contributed by atoms with Gasteiger partial charge in [-0.05, 0) is 31.0 Å². The van der Waals surface area contributed by atoms with Crippen LogP contribution < -0.4 is 10.6 Å². The van der Waals surface area contributed by atoms with Crippen LogP contribution in [0.25, 0.3) is 0 Å². The first kappa shape index (κ1) is 13.5. The predicted octanol–water partition coefficient (Wildman–Crippen LogP) is 3.71. The molecule has 0 bridgehead atoms. The molecular weight excluding hydrogens is 264 g/mol. The van der Waals surface area contributed by atoms with Crippen LogP contribution in [0.5, 0.6) is 0 Å². The maximum absolute atomic E-state index is 5.99. The van der Waals surface area contributed by atoms with Crippen LogP contribution in [-0.2, 0) is 0 Å². The Kier molecular flexibility index (Phi) is 5.29. The molecule has 90 valence electrons. The number of unbranched alkanes of at least 4 members (excludes halogenated alkanes) is 1. The normalized spacial score (nSPS) is 12.6. The summed E-state index contributed by atoms with van der Waals surface area (Å²) in [6, 6.07) is 6.38. The summed E-state index contributed by atoms with van der Waals surface area (Å²) in [5, 5.41) is 0. The second-order valence-electron chi connectivity index (χ2n) is 4.27. The molecule has 0 amide bonds. The summed E-state index contributed by atoms with van der Waals surface area (Å²) in [5.74, 6) is 0. The van der Waals surface area contributed by atoms with Crippen molar-refractivity contribution < 1.29 is 0 Å². The summed E-state index contributed by atoms with van der Waals surface area (Å²) in [7, 11) is 2.13. The Morgan fingerprint density at radius 2 is 2.12 bits per heavy atom. The van der Waals surface area contributed by atoms with Gasteiger partial charge in [0.05, 0.1) is 0 Å². The van der Waals surface area contributed by atoms with E-state index in [0.717, 1.165) is 11.0 Å². The van der Waals surface area contributed by atoms with E-state index in [4.69, 9.17) is 5.73 Å². The molecule has 2 nitrogen and oxygen atoms in total. The van der Waals surface area contributed by atoms with E-state index < -0.39 is 0 Å². The van der Waals surface area contributed by atoms with Crippen LogP contribution in [0.4, 0.5) is 5.69 Å². The monoisotopic (exact) mass is 284 g/mol. The average Bonchev–Trinajstić information content (AvgIpc) is 2.25. The number of anilines is 1. The van der Waals surface area contributed by atoms with Gasteiger partial charge in [-0.2, -0.15) is 0 Å². The first-order chi connectivity index (χ1) is 7.56. The standard InChI is InChI=1S/C13H21BrN2/c1-4-5-8-16(3)13-9-11(14)6-7-12(13)10(2)15/h6-7,9-10H,4-5,8,15H2,1-3H3. The van der Waals surface area contributed by atoms with Gasteiger partial charge in [-0.1, -0.05) is 35.3 Å². The molecule has 0 aliphatic rings. The summed E-state index contributed by atoms with van der Waals surface area (Å²) < 4.78 is 1.11. The second kappa shape index (κ2) is 6.26. The average molecular weight is 285 g/mol. The maximum atomic E-state index is 5.99. The predicted molar refractivity (Wildman–Crippen MR) is 74.9 cm³/mol. The third kappa shape index (κ3) is 3.49. The van der Waals surface area contributed by atoms with E-state index in [9.17, 15) is 0 Å². The Morgan fingerprint density at radius 1 is 1.44 bits per heavy atom. The maximum Gasteiger partial charge on any atom is 0.0423 e. The third-order valence-electron chi connectivity index (χ3n) is 2.74. The zero-order valence-electron chi connectivity index (χ0n) is 10.3. The van der Waals surface area contributed by atoms with Crippen molar-refractivity contribution in [3.8, 4) is 0 Å². The lowest BCUT2D eigenvalue weighted by atomic mass is 10.1. The Balaban J connectivity index is 2.95. The molecule has 1 aromatic rings. The van der Waals surface area contributed by atoms with Gasteiger partial charge in [0.2, 0.25) is 0 Å². The number of hydrogen-bond donors (Lipinski definition) is 1. The van der Waals surface area contributed by atoms with Gasteiger partial charge < -0.3 is 10.6 Å². The molecule has 0 heterocycles. The molecule has 0 saturated heterocycles. The van der Waals surface area contributed by atoms with Crippen molar-refractivity contribution >= 4 is 21.6 Å². The van der Waals surface area contributed by atoms with Crippen LogP contribution in [-0.4, -0.2) is 13.6 Å². The number of halogens is 1. The van der Waals surface area contributed by atoms with E-state index in [2.05, 4.69) is 53.0 Å². The highest BCUT2D eigenvalue weighted by molar-refractivity contribution is 9.10. The number of benzene rings is 1. The minimum Gasteiger partial charge on any atom is -0.374 e. The number of hydrogen-bond acceptors (Lipinski definition) is 2. The zero-order valence-corrected chi connectivity index (χ0v) is 11.9. The summed E-state index contributed by atoms with van der Waals surface area (Å²) in [6.45, 7) is 5.31. The summed E-state index contributed by atoms with van der Waals surface area (Å²) in [6.07, 6.45) is 2.42. The minimum absolute atomic E-state index is 0.0761. The van der Waals surface area contributed by atoms with Crippen molar-refractivity contribution in [3.05, 3.63) is 28.2 Å². The Bertz CT molecular complexity index is 337. The fourth-order valence-corrected chi connectivity index (χ4v) is 2.10. The lowest BCUT2D eigenvalue weighted by Gasteiger charge is -2.24. The smallest absolute Gasteiger partial charge is 0.0423 e. The van der Waals surface area contributed by atoms with Gasteiger partial charge in [0.1, 0.15) is 0 Å². The SMILES string of the molecule is CCCCN(C)c1cc(Br)ccc1C(C)N. The van der Waals surface area contributed by atoms with Gasteiger partial charge in [0.15, 0.2) is 0 Å². The van der Waals surface area contributed by atoms with E-state index in [-0.39, 0.29) is 6.04 Å². The van der Waals surface area contributed by atoms with Gasteiger partial charge >= 0.3 is 0 Å². The quantitative estimate of drug-likeness (QED) is 0.893. The van der Waals surface area contributed by atoms with Crippen LogP contribution in [0.2, 0.25) is 0 Å². The third-order valence-corrected chi connectivity index (χ3v) is 3.23. The van der Waals surface area contributed by atoms with E-state index in [1.54, 1.807) is 0 Å². The second-order valence-corrected chi connectivity index (χ2v) is 5.18. The fourth-order valence-electron chi connectivity index (χ4n) is 1.75. The molecule has 0 spiro atoms. The van der Waals surface area contributed by atoms with Gasteiger partial charge in [-0.15, -0.1) is 0 Å². The Hall–Kier alpha value is -0.540. The molecule has 2 N–H and O–H groups in total. The molecule has 1 atom stereocenters. The Morgan fingerprint density at radius 3 is 2.69 bits per heavy atom. The zero-order chi connectivity index (χ0) is 12.1. The van der Waals surface area contributed by atoms with E-state index in [1.807, 2.05) is 6.92 Å². The largest absolute Gasteiger partial charge is 0.374 e. The van der Waals surface area contributed by atoms with Gasteiger partial charge in [-0.3, -0.25) is 0 Å². The highest BCUT2D eigenvalue weighted by Gasteiger charge is 2.10. The van der Waals surface area contributed by atoms with E-state index in [0.29, 0.717) is 0 Å². The van der Waals surface area contributed by atoms with Gasteiger partial charge in [0.25, 0.3) is 0 Å². The molecule has 0 saturated carbocycles. The minimum atomic E-state index is 0.0761. The summed E-state index contributed by atoms with van der Waals surface area (Å²) in [5.41, 5.74) is 8.43. The lowest BCUT2D eigenvalue weighted by Crippen LogP contribution is -2.21. The molecule has 1 rings (SSSR count). The van der Waals surface area contributed by atoms with Crippen LogP contribution in [0.1, 0.15) is 38.3 Å². The van der Waals surface area contributed by atoms with Crippen molar-refractivity contribution in [2.24, 2.45) is 5.73 Å². The highest BCUT2D eigenvalue weighted by atomic mass is 79.9. The molecule has 0 aliphatic heterocycles. The van der Waals surface area contributed by atoms with E-state index >= 15 is 0 Å². The number of nitrogens with two attached hydrogens (primary N) is 1. The molecule has 0 aromatic heterocycles. The van der Waals surface area contributed by atoms with Crippen LogP contribution in [0, 0.1) is 0 Å². The highest BCUT2D eigenvalue weighted by Crippen LogP contribution is 2.28. The molecule has 0 aliphatic carbocycles.